The molecule has 0 aliphatic heterocycles. The molecule has 2 N–H and O–H groups in total. The van der Waals surface area contributed by atoms with Crippen molar-refractivity contribution in [1.82, 2.24) is 0 Å². The molecular formula is C15H17NO. The van der Waals surface area contributed by atoms with E-state index in [-0.39, 0.29) is 0 Å². The molecular weight excluding hydrogens is 210 g/mol. The third kappa shape index (κ3) is 3.33. The number of nitrogens with two attached hydrogens (primary N) is 1. The van der Waals surface area contributed by atoms with Crippen LogP contribution < -0.4 is 10.5 Å². The van der Waals surface area contributed by atoms with Crippen LogP contribution in [0.3, 0.4) is 0 Å². The number of hydrogen-bond acceptors (Lipinski definition) is 2. The van der Waals surface area contributed by atoms with Crippen LogP contribution >= 0.6 is 0 Å². The Labute approximate surface area is 102 Å². The molecule has 0 aromatic heterocycles. The van der Waals surface area contributed by atoms with Gasteiger partial charge in [-0.25, -0.2) is 0 Å². The van der Waals surface area contributed by atoms with Crippen molar-refractivity contribution in [3.63, 3.8) is 0 Å². The van der Waals surface area contributed by atoms with E-state index >= 15 is 0 Å². The van der Waals surface area contributed by atoms with E-state index in [1.165, 1.54) is 5.56 Å². The molecule has 0 saturated heterocycles. The molecule has 0 aliphatic rings. The molecule has 2 aromatic rings. The van der Waals surface area contributed by atoms with Gasteiger partial charge in [0.05, 0.1) is 6.61 Å². The van der Waals surface area contributed by atoms with Crippen molar-refractivity contribution in [3.05, 3.63) is 65.7 Å². The van der Waals surface area contributed by atoms with Gasteiger partial charge in [0.25, 0.3) is 0 Å². The van der Waals surface area contributed by atoms with Crippen LogP contribution in [-0.4, -0.2) is 6.61 Å². The van der Waals surface area contributed by atoms with E-state index in [1.54, 1.807) is 0 Å². The maximum absolute atomic E-state index is 5.75. The Morgan fingerprint density at radius 3 is 2.35 bits per heavy atom. The second kappa shape index (κ2) is 6.06. The Bertz CT molecular complexity index is 453. The molecule has 0 radical (unpaired) electrons. The van der Waals surface area contributed by atoms with E-state index in [1.807, 2.05) is 42.5 Å². The molecule has 0 bridgehead atoms. The molecule has 0 amide bonds. The largest absolute Gasteiger partial charge is 0.493 e. The van der Waals surface area contributed by atoms with Crippen LogP contribution in [0.15, 0.2) is 54.6 Å². The minimum Gasteiger partial charge on any atom is -0.493 e. The minimum absolute atomic E-state index is 0.515. The van der Waals surface area contributed by atoms with E-state index in [9.17, 15) is 0 Å². The van der Waals surface area contributed by atoms with Crippen LogP contribution in [0.25, 0.3) is 0 Å². The van der Waals surface area contributed by atoms with Crippen LogP contribution in [0.2, 0.25) is 0 Å². The Morgan fingerprint density at radius 1 is 0.882 bits per heavy atom. The fourth-order valence-corrected chi connectivity index (χ4v) is 1.74. The zero-order valence-corrected chi connectivity index (χ0v) is 9.80. The highest BCUT2D eigenvalue weighted by atomic mass is 16.5. The SMILES string of the molecule is NCc1ccccc1OCCc1ccccc1. The molecule has 2 rings (SSSR count). The maximum atomic E-state index is 5.75. The maximum Gasteiger partial charge on any atom is 0.123 e. The van der Waals surface area contributed by atoms with Gasteiger partial charge < -0.3 is 10.5 Å². The summed E-state index contributed by atoms with van der Waals surface area (Å²) in [5, 5.41) is 0. The summed E-state index contributed by atoms with van der Waals surface area (Å²) in [6, 6.07) is 18.2. The summed E-state index contributed by atoms with van der Waals surface area (Å²) in [6.45, 7) is 1.20. The molecule has 17 heavy (non-hydrogen) atoms. The van der Waals surface area contributed by atoms with Gasteiger partial charge in [0.15, 0.2) is 0 Å². The smallest absolute Gasteiger partial charge is 0.123 e. The summed E-state index contributed by atoms with van der Waals surface area (Å²) < 4.78 is 5.75. The average molecular weight is 227 g/mol. The standard InChI is InChI=1S/C15H17NO/c16-12-14-8-4-5-9-15(14)17-11-10-13-6-2-1-3-7-13/h1-9H,10-12,16H2. The molecule has 88 valence electrons. The molecule has 0 spiro atoms. The first-order valence-corrected chi connectivity index (χ1v) is 5.85. The highest BCUT2D eigenvalue weighted by Gasteiger charge is 2.00. The highest BCUT2D eigenvalue weighted by molar-refractivity contribution is 5.33. The summed E-state index contributed by atoms with van der Waals surface area (Å²) in [5.41, 5.74) is 8.00. The summed E-state index contributed by atoms with van der Waals surface area (Å²) in [5.74, 6) is 0.894. The van der Waals surface area contributed by atoms with Gasteiger partial charge in [-0.1, -0.05) is 48.5 Å². The van der Waals surface area contributed by atoms with Crippen LogP contribution in [0, 0.1) is 0 Å². The summed E-state index contributed by atoms with van der Waals surface area (Å²) >= 11 is 0. The second-order valence-electron chi connectivity index (χ2n) is 3.90. The lowest BCUT2D eigenvalue weighted by atomic mass is 10.1. The fraction of sp³-hybridized carbons (Fsp3) is 0.200. The first-order chi connectivity index (χ1) is 8.40. The zero-order valence-electron chi connectivity index (χ0n) is 9.80. The monoisotopic (exact) mass is 227 g/mol. The second-order valence-corrected chi connectivity index (χ2v) is 3.90. The van der Waals surface area contributed by atoms with Gasteiger partial charge in [0, 0.05) is 18.5 Å². The van der Waals surface area contributed by atoms with Crippen molar-refractivity contribution in [2.45, 2.75) is 13.0 Å². The van der Waals surface area contributed by atoms with Crippen molar-refractivity contribution in [2.24, 2.45) is 5.73 Å². The van der Waals surface area contributed by atoms with Crippen LogP contribution in [0.4, 0.5) is 0 Å². The third-order valence-electron chi connectivity index (χ3n) is 2.68. The fourth-order valence-electron chi connectivity index (χ4n) is 1.74. The van der Waals surface area contributed by atoms with E-state index < -0.39 is 0 Å². The van der Waals surface area contributed by atoms with Crippen molar-refractivity contribution >= 4 is 0 Å². The lowest BCUT2D eigenvalue weighted by molar-refractivity contribution is 0.318. The lowest BCUT2D eigenvalue weighted by Crippen LogP contribution is -2.05. The predicted octanol–water partition coefficient (Wildman–Crippen LogP) is 2.77. The Hall–Kier alpha value is -1.80. The summed E-state index contributed by atoms with van der Waals surface area (Å²) in [7, 11) is 0. The minimum atomic E-state index is 0.515. The van der Waals surface area contributed by atoms with Crippen molar-refractivity contribution in [1.29, 1.82) is 0 Å². The normalized spacial score (nSPS) is 10.2. The molecule has 0 aliphatic carbocycles. The zero-order chi connectivity index (χ0) is 11.9. The van der Waals surface area contributed by atoms with Gasteiger partial charge in [-0.2, -0.15) is 0 Å². The first kappa shape index (κ1) is 11.7. The van der Waals surface area contributed by atoms with Crippen LogP contribution in [-0.2, 0) is 13.0 Å². The molecule has 2 aromatic carbocycles. The van der Waals surface area contributed by atoms with Crippen molar-refractivity contribution < 1.29 is 4.74 Å². The van der Waals surface area contributed by atoms with Gasteiger partial charge in [-0.15, -0.1) is 0 Å². The number of hydrogen-bond donors (Lipinski definition) is 1. The molecule has 0 unspecified atom stereocenters. The number of para-hydroxylation sites is 1. The average Bonchev–Trinajstić information content (AvgIpc) is 2.40. The molecule has 0 saturated carbocycles. The van der Waals surface area contributed by atoms with Crippen molar-refractivity contribution in [2.75, 3.05) is 6.61 Å². The number of rotatable bonds is 5. The van der Waals surface area contributed by atoms with Crippen molar-refractivity contribution in [3.8, 4) is 5.75 Å². The van der Waals surface area contributed by atoms with E-state index in [2.05, 4.69) is 12.1 Å². The molecule has 2 heteroatoms. The lowest BCUT2D eigenvalue weighted by Gasteiger charge is -2.09. The van der Waals surface area contributed by atoms with Gasteiger partial charge in [-0.3, -0.25) is 0 Å². The molecule has 0 heterocycles. The number of ether oxygens (including phenoxy) is 1. The van der Waals surface area contributed by atoms with Crippen LogP contribution in [0.5, 0.6) is 5.75 Å². The molecule has 0 fully saturated rings. The first-order valence-electron chi connectivity index (χ1n) is 5.85. The summed E-state index contributed by atoms with van der Waals surface area (Å²) in [4.78, 5) is 0. The highest BCUT2D eigenvalue weighted by Crippen LogP contribution is 2.17. The quantitative estimate of drug-likeness (QED) is 0.852. The Morgan fingerprint density at radius 2 is 1.59 bits per heavy atom. The van der Waals surface area contributed by atoms with Gasteiger partial charge in [0.1, 0.15) is 5.75 Å². The Balaban J connectivity index is 1.90. The van der Waals surface area contributed by atoms with E-state index in [0.717, 1.165) is 17.7 Å². The Kier molecular flexibility index (Phi) is 4.17. The molecule has 0 atom stereocenters. The predicted molar refractivity (Wildman–Crippen MR) is 70.0 cm³/mol. The van der Waals surface area contributed by atoms with E-state index in [4.69, 9.17) is 10.5 Å². The van der Waals surface area contributed by atoms with Gasteiger partial charge >= 0.3 is 0 Å². The number of benzene rings is 2. The van der Waals surface area contributed by atoms with Gasteiger partial charge in [-0.05, 0) is 11.6 Å². The molecule has 2 nitrogen and oxygen atoms in total. The van der Waals surface area contributed by atoms with Gasteiger partial charge in [0.2, 0.25) is 0 Å². The third-order valence-corrected chi connectivity index (χ3v) is 2.68. The van der Waals surface area contributed by atoms with E-state index in [0.29, 0.717) is 13.2 Å². The van der Waals surface area contributed by atoms with Crippen LogP contribution in [0.1, 0.15) is 11.1 Å². The topological polar surface area (TPSA) is 35.2 Å². The summed E-state index contributed by atoms with van der Waals surface area (Å²) in [6.07, 6.45) is 0.916.